The molecule has 21 heavy (non-hydrogen) atoms. The van der Waals surface area contributed by atoms with Crippen molar-refractivity contribution in [1.29, 1.82) is 0 Å². The van der Waals surface area contributed by atoms with Gasteiger partial charge < -0.3 is 15.4 Å². The Bertz CT molecular complexity index is 510. The summed E-state index contributed by atoms with van der Waals surface area (Å²) in [7, 11) is 0. The Kier molecular flexibility index (Phi) is 4.52. The minimum absolute atomic E-state index is 0.0478. The summed E-state index contributed by atoms with van der Waals surface area (Å²) in [5, 5.41) is 0. The van der Waals surface area contributed by atoms with E-state index in [1.807, 2.05) is 39.8 Å². The van der Waals surface area contributed by atoms with Gasteiger partial charge in [0.05, 0.1) is 0 Å². The van der Waals surface area contributed by atoms with E-state index in [0.29, 0.717) is 13.1 Å². The van der Waals surface area contributed by atoms with Crippen LogP contribution in [-0.4, -0.2) is 40.7 Å². The van der Waals surface area contributed by atoms with Crippen LogP contribution < -0.4 is 5.73 Å². The lowest BCUT2D eigenvalue weighted by Gasteiger charge is -2.38. The number of nitrogens with two attached hydrogens (primary N) is 1. The second kappa shape index (κ2) is 6.02. The number of nitrogens with zero attached hydrogens (tertiary/aromatic N) is 2. The predicted octanol–water partition coefficient (Wildman–Crippen LogP) is 2.44. The van der Waals surface area contributed by atoms with Gasteiger partial charge in [0.15, 0.2) is 0 Å². The molecule has 1 saturated heterocycles. The first kappa shape index (κ1) is 15.8. The zero-order valence-corrected chi connectivity index (χ0v) is 13.3. The number of aromatic nitrogens is 1. The third-order valence-electron chi connectivity index (χ3n) is 3.77. The minimum atomic E-state index is -0.476. The molecular weight excluding hydrogens is 266 g/mol. The second-order valence-corrected chi connectivity index (χ2v) is 6.66. The fourth-order valence-electron chi connectivity index (χ4n) is 2.68. The number of carbonyl (C=O) groups is 1. The van der Waals surface area contributed by atoms with Gasteiger partial charge in [-0.15, -0.1) is 0 Å². The fourth-order valence-corrected chi connectivity index (χ4v) is 2.68. The van der Waals surface area contributed by atoms with Gasteiger partial charge in [-0.2, -0.15) is 0 Å². The first-order chi connectivity index (χ1) is 9.78. The first-order valence-corrected chi connectivity index (χ1v) is 7.43. The van der Waals surface area contributed by atoms with Gasteiger partial charge in [0.25, 0.3) is 0 Å². The molecule has 0 unspecified atom stereocenters. The summed E-state index contributed by atoms with van der Waals surface area (Å²) >= 11 is 0. The molecule has 0 bridgehead atoms. The Morgan fingerprint density at radius 3 is 2.81 bits per heavy atom. The van der Waals surface area contributed by atoms with Crippen LogP contribution >= 0.6 is 0 Å². The largest absolute Gasteiger partial charge is 0.444 e. The van der Waals surface area contributed by atoms with Gasteiger partial charge in [0.2, 0.25) is 0 Å². The van der Waals surface area contributed by atoms with Gasteiger partial charge in [-0.05, 0) is 45.7 Å². The molecule has 5 heteroatoms. The van der Waals surface area contributed by atoms with Crippen molar-refractivity contribution in [2.45, 2.75) is 51.7 Å². The van der Waals surface area contributed by atoms with Crippen molar-refractivity contribution in [2.75, 3.05) is 13.1 Å². The number of pyridine rings is 1. The molecule has 2 N–H and O–H groups in total. The molecule has 1 aromatic heterocycles. The number of ether oxygens (including phenoxy) is 1. The Hall–Kier alpha value is -1.62. The summed E-state index contributed by atoms with van der Waals surface area (Å²) in [6.45, 7) is 8.85. The molecule has 0 aliphatic carbocycles. The first-order valence-electron chi connectivity index (χ1n) is 7.43. The number of likely N-dealkylation sites (tertiary alicyclic amines) is 1. The van der Waals surface area contributed by atoms with Crippen LogP contribution in [0.5, 0.6) is 0 Å². The van der Waals surface area contributed by atoms with Crippen LogP contribution in [0.15, 0.2) is 18.3 Å². The molecule has 1 amide bonds. The summed E-state index contributed by atoms with van der Waals surface area (Å²) in [6, 6.07) is 4.01. The molecule has 0 spiro atoms. The SMILES string of the molecule is Cc1ncccc1[C@H]1CN(C(=O)OC(C)(C)C)CC[C@@H]1N. The molecule has 1 aliphatic heterocycles. The molecule has 0 saturated carbocycles. The summed E-state index contributed by atoms with van der Waals surface area (Å²) in [4.78, 5) is 18.3. The van der Waals surface area contributed by atoms with E-state index in [-0.39, 0.29) is 18.1 Å². The highest BCUT2D eigenvalue weighted by Gasteiger charge is 2.33. The van der Waals surface area contributed by atoms with Crippen molar-refractivity contribution in [1.82, 2.24) is 9.88 Å². The lowest BCUT2D eigenvalue weighted by Crippen LogP contribution is -2.49. The maximum absolute atomic E-state index is 12.2. The number of hydrogen-bond acceptors (Lipinski definition) is 4. The van der Waals surface area contributed by atoms with Gasteiger partial charge in [0, 0.05) is 36.9 Å². The molecule has 2 atom stereocenters. The number of piperidine rings is 1. The smallest absolute Gasteiger partial charge is 0.410 e. The molecule has 1 aromatic rings. The quantitative estimate of drug-likeness (QED) is 0.863. The van der Waals surface area contributed by atoms with Crippen molar-refractivity contribution in [3.05, 3.63) is 29.6 Å². The van der Waals surface area contributed by atoms with Crippen molar-refractivity contribution in [3.63, 3.8) is 0 Å². The van der Waals surface area contributed by atoms with E-state index in [2.05, 4.69) is 4.98 Å². The molecule has 1 aliphatic rings. The number of rotatable bonds is 1. The van der Waals surface area contributed by atoms with Crippen LogP contribution in [0.1, 0.15) is 44.4 Å². The average molecular weight is 291 g/mol. The van der Waals surface area contributed by atoms with Gasteiger partial charge in [-0.3, -0.25) is 4.98 Å². The fraction of sp³-hybridized carbons (Fsp3) is 0.625. The lowest BCUT2D eigenvalue weighted by molar-refractivity contribution is 0.0186. The van der Waals surface area contributed by atoms with Crippen LogP contribution in [0.2, 0.25) is 0 Å². The zero-order valence-electron chi connectivity index (χ0n) is 13.3. The average Bonchev–Trinajstić information content (AvgIpc) is 2.38. The molecule has 2 rings (SSSR count). The summed E-state index contributed by atoms with van der Waals surface area (Å²) < 4.78 is 5.46. The molecule has 2 heterocycles. The van der Waals surface area contributed by atoms with E-state index in [0.717, 1.165) is 17.7 Å². The van der Waals surface area contributed by atoms with Crippen LogP contribution in [0.25, 0.3) is 0 Å². The lowest BCUT2D eigenvalue weighted by atomic mass is 9.86. The summed E-state index contributed by atoms with van der Waals surface area (Å²) in [6.07, 6.45) is 2.29. The molecule has 0 aromatic carbocycles. The molecule has 1 fully saturated rings. The topological polar surface area (TPSA) is 68.5 Å². The Balaban J connectivity index is 2.13. The van der Waals surface area contributed by atoms with E-state index in [1.54, 1.807) is 11.1 Å². The zero-order chi connectivity index (χ0) is 15.6. The predicted molar refractivity (Wildman–Crippen MR) is 82.1 cm³/mol. The Morgan fingerprint density at radius 1 is 1.48 bits per heavy atom. The second-order valence-electron chi connectivity index (χ2n) is 6.66. The third-order valence-corrected chi connectivity index (χ3v) is 3.77. The number of aryl methyl sites for hydroxylation is 1. The van der Waals surface area contributed by atoms with E-state index >= 15 is 0 Å². The number of amides is 1. The van der Waals surface area contributed by atoms with E-state index < -0.39 is 5.60 Å². The summed E-state index contributed by atoms with van der Waals surface area (Å²) in [5.74, 6) is 0.111. The van der Waals surface area contributed by atoms with Crippen LogP contribution in [0.3, 0.4) is 0 Å². The van der Waals surface area contributed by atoms with Crippen molar-refractivity contribution in [2.24, 2.45) is 5.73 Å². The monoisotopic (exact) mass is 291 g/mol. The number of hydrogen-bond donors (Lipinski definition) is 1. The molecular formula is C16H25N3O2. The van der Waals surface area contributed by atoms with Crippen LogP contribution in [0, 0.1) is 6.92 Å². The van der Waals surface area contributed by atoms with E-state index in [9.17, 15) is 4.79 Å². The van der Waals surface area contributed by atoms with Gasteiger partial charge >= 0.3 is 6.09 Å². The minimum Gasteiger partial charge on any atom is -0.444 e. The molecule has 116 valence electrons. The molecule has 0 radical (unpaired) electrons. The maximum Gasteiger partial charge on any atom is 0.410 e. The maximum atomic E-state index is 12.2. The third kappa shape index (κ3) is 3.94. The van der Waals surface area contributed by atoms with E-state index in [1.165, 1.54) is 0 Å². The van der Waals surface area contributed by atoms with Gasteiger partial charge in [0.1, 0.15) is 5.60 Å². The van der Waals surface area contributed by atoms with Gasteiger partial charge in [-0.25, -0.2) is 4.79 Å². The highest BCUT2D eigenvalue weighted by Crippen LogP contribution is 2.28. The van der Waals surface area contributed by atoms with Crippen LogP contribution in [0.4, 0.5) is 4.79 Å². The highest BCUT2D eigenvalue weighted by molar-refractivity contribution is 5.68. The summed E-state index contributed by atoms with van der Waals surface area (Å²) in [5.41, 5.74) is 7.89. The Labute approximate surface area is 126 Å². The normalized spacial score (nSPS) is 23.0. The Morgan fingerprint density at radius 2 is 2.19 bits per heavy atom. The van der Waals surface area contributed by atoms with Crippen molar-refractivity contribution >= 4 is 6.09 Å². The van der Waals surface area contributed by atoms with Crippen LogP contribution in [-0.2, 0) is 4.74 Å². The highest BCUT2D eigenvalue weighted by atomic mass is 16.6. The van der Waals surface area contributed by atoms with Crippen molar-refractivity contribution < 1.29 is 9.53 Å². The number of carbonyl (C=O) groups excluding carboxylic acids is 1. The standard InChI is InChI=1S/C16H25N3O2/c1-11-12(6-5-8-18-11)13-10-19(9-7-14(13)17)15(20)21-16(2,3)4/h5-6,8,13-14H,7,9-10,17H2,1-4H3/t13-,14+/m1/s1. The van der Waals surface area contributed by atoms with Gasteiger partial charge in [-0.1, -0.05) is 6.07 Å². The van der Waals surface area contributed by atoms with Crippen molar-refractivity contribution in [3.8, 4) is 0 Å². The molecule has 5 nitrogen and oxygen atoms in total. The van der Waals surface area contributed by atoms with E-state index in [4.69, 9.17) is 10.5 Å².